The Labute approximate surface area is 155 Å². The number of carbonyl (C=O) groups is 2. The van der Waals surface area contributed by atoms with Gasteiger partial charge in [-0.15, -0.1) is 0 Å². The normalized spacial score (nSPS) is 11.4. The van der Waals surface area contributed by atoms with Crippen molar-refractivity contribution < 1.29 is 32.2 Å². The van der Waals surface area contributed by atoms with Crippen molar-refractivity contribution in [2.24, 2.45) is 0 Å². The number of hydrogen-bond donors (Lipinski definition) is 1. The first-order valence-corrected chi connectivity index (χ1v) is 9.23. The fraction of sp³-hybridized carbons (Fsp3) is 0.889. The molecule has 1 amide bonds. The Morgan fingerprint density at radius 1 is 1.00 bits per heavy atom. The Balaban J connectivity index is 0. The summed E-state index contributed by atoms with van der Waals surface area (Å²) in [4.78, 5) is 23.0. The van der Waals surface area contributed by atoms with Gasteiger partial charge in [-0.1, -0.05) is 33.6 Å². The number of unbranched alkanes of at least 4 members (excludes halogenated alkanes) is 3. The number of halogens is 3. The summed E-state index contributed by atoms with van der Waals surface area (Å²) in [6, 6.07) is 0. The summed E-state index contributed by atoms with van der Waals surface area (Å²) in [6.45, 7) is 8.85. The number of nitrogens with one attached hydrogen (secondary N) is 1. The highest BCUT2D eigenvalue weighted by Crippen LogP contribution is 2.15. The number of rotatable bonds is 12. The number of amides is 1. The maximum absolute atomic E-state index is 12.0. The van der Waals surface area contributed by atoms with Gasteiger partial charge in [0.2, 0.25) is 0 Å². The van der Waals surface area contributed by atoms with Crippen molar-refractivity contribution in [3.8, 4) is 0 Å². The number of hydrogen-bond acceptors (Lipinski definition) is 4. The van der Waals surface area contributed by atoms with Crippen LogP contribution in [0.2, 0.25) is 0 Å². The van der Waals surface area contributed by atoms with Gasteiger partial charge in [-0.3, -0.25) is 9.59 Å². The van der Waals surface area contributed by atoms with Gasteiger partial charge < -0.3 is 14.8 Å². The molecule has 0 saturated heterocycles. The first-order valence-electron chi connectivity index (χ1n) is 9.23. The first-order chi connectivity index (χ1) is 12.1. The van der Waals surface area contributed by atoms with Crippen molar-refractivity contribution in [3.05, 3.63) is 0 Å². The quantitative estimate of drug-likeness (QED) is 0.400. The van der Waals surface area contributed by atoms with Crippen LogP contribution in [0.5, 0.6) is 0 Å². The predicted molar refractivity (Wildman–Crippen MR) is 94.8 cm³/mol. The molecule has 0 aliphatic heterocycles. The highest BCUT2D eigenvalue weighted by Gasteiger charge is 2.29. The monoisotopic (exact) mass is 385 g/mol. The molecule has 0 saturated carbocycles. The second-order valence-corrected chi connectivity index (χ2v) is 6.05. The molecule has 5 nitrogen and oxygen atoms in total. The molecule has 0 aliphatic carbocycles. The van der Waals surface area contributed by atoms with Crippen LogP contribution in [0.4, 0.5) is 13.2 Å². The molecule has 0 aromatic rings. The average molecular weight is 385 g/mol. The third kappa shape index (κ3) is 16.2. The van der Waals surface area contributed by atoms with Crippen LogP contribution < -0.4 is 5.32 Å². The van der Waals surface area contributed by atoms with Gasteiger partial charge >= 0.3 is 12.1 Å². The molecule has 0 aromatic heterocycles. The standard InChI is InChI=1S/C16H28F3NO4.C2H6/c1-4-5-11-24-15(2,3)14(22)20-10-8-6-7-9-13(21)23-12-16(17,18)19;1-2/h4-12H2,1-3H3,(H,20,22);1-2H3. The Hall–Kier alpha value is -1.31. The summed E-state index contributed by atoms with van der Waals surface area (Å²) in [7, 11) is 0. The molecular formula is C18H34F3NO4. The molecule has 0 rings (SSSR count). The molecule has 0 aromatic carbocycles. The third-order valence-electron chi connectivity index (χ3n) is 3.25. The lowest BCUT2D eigenvalue weighted by Crippen LogP contribution is -2.44. The summed E-state index contributed by atoms with van der Waals surface area (Å²) in [5, 5.41) is 2.75. The van der Waals surface area contributed by atoms with E-state index in [1.807, 2.05) is 20.8 Å². The van der Waals surface area contributed by atoms with Crippen molar-refractivity contribution in [2.75, 3.05) is 19.8 Å². The number of esters is 1. The van der Waals surface area contributed by atoms with Gasteiger partial charge in [0.25, 0.3) is 5.91 Å². The maximum Gasteiger partial charge on any atom is 0.422 e. The summed E-state index contributed by atoms with van der Waals surface area (Å²) >= 11 is 0. The number of carbonyl (C=O) groups excluding carboxylic acids is 2. The van der Waals surface area contributed by atoms with E-state index in [0.717, 1.165) is 12.8 Å². The molecule has 0 unspecified atom stereocenters. The molecule has 1 N–H and O–H groups in total. The van der Waals surface area contributed by atoms with E-state index < -0.39 is 24.4 Å². The van der Waals surface area contributed by atoms with E-state index in [0.29, 0.717) is 32.4 Å². The average Bonchev–Trinajstić information content (AvgIpc) is 2.57. The topological polar surface area (TPSA) is 64.6 Å². The second kappa shape index (κ2) is 14.8. The van der Waals surface area contributed by atoms with Gasteiger partial charge in [-0.05, 0) is 33.1 Å². The summed E-state index contributed by atoms with van der Waals surface area (Å²) in [6.07, 6.45) is -1.02. The highest BCUT2D eigenvalue weighted by atomic mass is 19.4. The van der Waals surface area contributed by atoms with Gasteiger partial charge in [0.15, 0.2) is 6.61 Å². The SMILES string of the molecule is CC.CCCCOC(C)(C)C(=O)NCCCCCC(=O)OCC(F)(F)F. The molecular weight excluding hydrogens is 351 g/mol. The molecule has 0 bridgehead atoms. The predicted octanol–water partition coefficient (Wildman–Crippen LogP) is 4.39. The zero-order valence-corrected chi connectivity index (χ0v) is 16.6. The molecule has 156 valence electrons. The van der Waals surface area contributed by atoms with E-state index in [1.165, 1.54) is 0 Å². The summed E-state index contributed by atoms with van der Waals surface area (Å²) < 4.78 is 45.2. The van der Waals surface area contributed by atoms with Crippen molar-refractivity contribution >= 4 is 11.9 Å². The van der Waals surface area contributed by atoms with Crippen LogP contribution in [0.3, 0.4) is 0 Å². The van der Waals surface area contributed by atoms with Crippen molar-refractivity contribution in [2.45, 2.75) is 84.9 Å². The third-order valence-corrected chi connectivity index (χ3v) is 3.25. The van der Waals surface area contributed by atoms with Gasteiger partial charge in [0.1, 0.15) is 5.60 Å². The lowest BCUT2D eigenvalue weighted by atomic mass is 10.1. The molecule has 8 heteroatoms. The lowest BCUT2D eigenvalue weighted by Gasteiger charge is -2.24. The molecule has 0 atom stereocenters. The minimum atomic E-state index is -4.49. The molecule has 0 aliphatic rings. The first kappa shape index (κ1) is 26.9. The van der Waals surface area contributed by atoms with Crippen LogP contribution >= 0.6 is 0 Å². The van der Waals surface area contributed by atoms with Crippen LogP contribution in [0, 0.1) is 0 Å². The highest BCUT2D eigenvalue weighted by molar-refractivity contribution is 5.84. The number of alkyl halides is 3. The van der Waals surface area contributed by atoms with Crippen LogP contribution in [-0.2, 0) is 19.1 Å². The Bertz CT molecular complexity index is 385. The summed E-state index contributed by atoms with van der Waals surface area (Å²) in [5.41, 5.74) is -0.892. The molecule has 26 heavy (non-hydrogen) atoms. The van der Waals surface area contributed by atoms with Crippen molar-refractivity contribution in [3.63, 3.8) is 0 Å². The Morgan fingerprint density at radius 3 is 2.15 bits per heavy atom. The fourth-order valence-electron chi connectivity index (χ4n) is 1.76. The minimum Gasteiger partial charge on any atom is -0.456 e. The summed E-state index contributed by atoms with van der Waals surface area (Å²) in [5.74, 6) is -1.06. The van der Waals surface area contributed by atoms with Crippen LogP contribution in [-0.4, -0.2) is 43.4 Å². The van der Waals surface area contributed by atoms with Gasteiger partial charge in [0, 0.05) is 19.6 Å². The van der Waals surface area contributed by atoms with Gasteiger partial charge in [0.05, 0.1) is 0 Å². The smallest absolute Gasteiger partial charge is 0.422 e. The minimum absolute atomic E-state index is 0.0599. The molecule has 0 radical (unpaired) electrons. The van der Waals surface area contributed by atoms with E-state index in [-0.39, 0.29) is 12.3 Å². The van der Waals surface area contributed by atoms with E-state index in [9.17, 15) is 22.8 Å². The number of ether oxygens (including phenoxy) is 2. The molecule has 0 heterocycles. The van der Waals surface area contributed by atoms with Crippen LogP contribution in [0.25, 0.3) is 0 Å². The van der Waals surface area contributed by atoms with E-state index in [2.05, 4.69) is 10.1 Å². The van der Waals surface area contributed by atoms with Crippen LogP contribution in [0.1, 0.15) is 73.1 Å². The maximum atomic E-state index is 12.0. The zero-order valence-electron chi connectivity index (χ0n) is 16.6. The molecule has 0 spiro atoms. The largest absolute Gasteiger partial charge is 0.456 e. The Kier molecular flexibility index (Phi) is 15.3. The van der Waals surface area contributed by atoms with E-state index in [1.54, 1.807) is 13.8 Å². The van der Waals surface area contributed by atoms with Gasteiger partial charge in [-0.25, -0.2) is 0 Å². The fourth-order valence-corrected chi connectivity index (χ4v) is 1.76. The second-order valence-electron chi connectivity index (χ2n) is 6.05. The van der Waals surface area contributed by atoms with Crippen LogP contribution in [0.15, 0.2) is 0 Å². The van der Waals surface area contributed by atoms with Gasteiger partial charge in [-0.2, -0.15) is 13.2 Å². The van der Waals surface area contributed by atoms with E-state index in [4.69, 9.17) is 4.74 Å². The zero-order chi connectivity index (χ0) is 20.6. The van der Waals surface area contributed by atoms with Crippen molar-refractivity contribution in [1.29, 1.82) is 0 Å². The van der Waals surface area contributed by atoms with E-state index >= 15 is 0 Å². The Morgan fingerprint density at radius 2 is 1.62 bits per heavy atom. The lowest BCUT2D eigenvalue weighted by molar-refractivity contribution is -0.186. The molecule has 0 fully saturated rings. The van der Waals surface area contributed by atoms with Crippen molar-refractivity contribution in [1.82, 2.24) is 5.32 Å².